The summed E-state index contributed by atoms with van der Waals surface area (Å²) in [6.07, 6.45) is -0.226. The van der Waals surface area contributed by atoms with Gasteiger partial charge in [0, 0.05) is 0 Å². The molecule has 0 aliphatic rings. The zero-order valence-corrected chi connectivity index (χ0v) is 16.8. The third-order valence-electron chi connectivity index (χ3n) is 4.65. The van der Waals surface area contributed by atoms with Gasteiger partial charge < -0.3 is 20.0 Å². The fourth-order valence-corrected chi connectivity index (χ4v) is 2.94. The molecule has 0 aliphatic heterocycles. The molecule has 0 radical (unpaired) electrons. The van der Waals surface area contributed by atoms with Gasteiger partial charge >= 0.3 is 5.97 Å². The molecule has 0 heterocycles. The third kappa shape index (κ3) is 6.44. The lowest BCUT2D eigenvalue weighted by molar-refractivity contribution is -0.137. The van der Waals surface area contributed by atoms with Gasteiger partial charge in [-0.25, -0.2) is 0 Å². The lowest BCUT2D eigenvalue weighted by atomic mass is 9.97. The van der Waals surface area contributed by atoms with E-state index in [1.54, 1.807) is 24.3 Å². The SMILES string of the molecule is N#CC(CC(=O)O)c1ccc(OCc2ccc(OCC(=N)c3ccccc3)cc2)cc1. The number of aliphatic carboxylic acids is 1. The Hall–Kier alpha value is -4.11. The second-order valence-corrected chi connectivity index (χ2v) is 6.91. The fraction of sp³-hybridized carbons (Fsp3) is 0.160. The highest BCUT2D eigenvalue weighted by Crippen LogP contribution is 2.23. The van der Waals surface area contributed by atoms with Crippen LogP contribution in [0.5, 0.6) is 11.5 Å². The Kier molecular flexibility index (Phi) is 7.39. The Bertz CT molecular complexity index is 1060. The smallest absolute Gasteiger partial charge is 0.305 e. The lowest BCUT2D eigenvalue weighted by Gasteiger charge is -2.11. The van der Waals surface area contributed by atoms with Gasteiger partial charge in [0.15, 0.2) is 0 Å². The van der Waals surface area contributed by atoms with E-state index in [1.807, 2.05) is 60.7 Å². The van der Waals surface area contributed by atoms with Crippen molar-refractivity contribution < 1.29 is 19.4 Å². The topological polar surface area (TPSA) is 103 Å². The monoisotopic (exact) mass is 414 g/mol. The number of hydrogen-bond acceptors (Lipinski definition) is 5. The van der Waals surface area contributed by atoms with Gasteiger partial charge in [0.2, 0.25) is 0 Å². The first kappa shape index (κ1) is 21.6. The highest BCUT2D eigenvalue weighted by molar-refractivity contribution is 5.99. The summed E-state index contributed by atoms with van der Waals surface area (Å²) in [5.74, 6) is -0.374. The third-order valence-corrected chi connectivity index (χ3v) is 4.65. The van der Waals surface area contributed by atoms with E-state index < -0.39 is 11.9 Å². The normalized spacial score (nSPS) is 11.2. The number of carbonyl (C=O) groups is 1. The Morgan fingerprint density at radius 2 is 1.55 bits per heavy atom. The molecule has 2 N–H and O–H groups in total. The van der Waals surface area contributed by atoms with Crippen molar-refractivity contribution in [3.8, 4) is 17.6 Å². The van der Waals surface area contributed by atoms with E-state index in [1.165, 1.54) is 0 Å². The van der Waals surface area contributed by atoms with E-state index in [0.717, 1.165) is 11.1 Å². The summed E-state index contributed by atoms with van der Waals surface area (Å²) in [6.45, 7) is 0.550. The lowest BCUT2D eigenvalue weighted by Crippen LogP contribution is -2.11. The maximum absolute atomic E-state index is 10.8. The molecular formula is C25H22N2O4. The molecule has 6 heteroatoms. The van der Waals surface area contributed by atoms with Crippen LogP contribution < -0.4 is 9.47 Å². The number of nitriles is 1. The Morgan fingerprint density at radius 3 is 2.16 bits per heavy atom. The summed E-state index contributed by atoms with van der Waals surface area (Å²) >= 11 is 0. The predicted molar refractivity (Wildman–Crippen MR) is 117 cm³/mol. The average molecular weight is 414 g/mol. The fourth-order valence-electron chi connectivity index (χ4n) is 2.94. The maximum atomic E-state index is 10.8. The Balaban J connectivity index is 1.49. The van der Waals surface area contributed by atoms with Crippen LogP contribution in [0.15, 0.2) is 78.9 Å². The molecule has 0 saturated carbocycles. The highest BCUT2D eigenvalue weighted by Gasteiger charge is 2.14. The average Bonchev–Trinajstić information content (AvgIpc) is 2.81. The minimum Gasteiger partial charge on any atom is -0.489 e. The second kappa shape index (κ2) is 10.6. The molecule has 0 fully saturated rings. The molecule has 3 rings (SSSR count). The van der Waals surface area contributed by atoms with Crippen LogP contribution in [0, 0.1) is 16.7 Å². The number of nitrogens with zero attached hydrogens (tertiary/aromatic N) is 1. The Labute approximate surface area is 180 Å². The van der Waals surface area contributed by atoms with Crippen molar-refractivity contribution in [1.82, 2.24) is 0 Å². The first-order valence-electron chi connectivity index (χ1n) is 9.74. The maximum Gasteiger partial charge on any atom is 0.305 e. The molecule has 1 unspecified atom stereocenters. The molecule has 0 spiro atoms. The van der Waals surface area contributed by atoms with E-state index in [-0.39, 0.29) is 13.0 Å². The molecule has 156 valence electrons. The van der Waals surface area contributed by atoms with Crippen LogP contribution in [0.4, 0.5) is 0 Å². The van der Waals surface area contributed by atoms with E-state index in [9.17, 15) is 4.79 Å². The summed E-state index contributed by atoms with van der Waals surface area (Å²) in [4.78, 5) is 10.8. The molecule has 3 aromatic rings. The van der Waals surface area contributed by atoms with Crippen LogP contribution >= 0.6 is 0 Å². The molecule has 31 heavy (non-hydrogen) atoms. The molecule has 0 bridgehead atoms. The quantitative estimate of drug-likeness (QED) is 0.464. The highest BCUT2D eigenvalue weighted by atomic mass is 16.5. The van der Waals surface area contributed by atoms with Crippen LogP contribution in [0.2, 0.25) is 0 Å². The molecule has 3 aromatic carbocycles. The number of carboxylic acids is 1. The van der Waals surface area contributed by atoms with Crippen LogP contribution in [-0.2, 0) is 11.4 Å². The molecule has 0 aliphatic carbocycles. The number of hydrogen-bond donors (Lipinski definition) is 2. The van der Waals surface area contributed by atoms with Crippen molar-refractivity contribution in [2.24, 2.45) is 0 Å². The predicted octanol–water partition coefficient (Wildman–Crippen LogP) is 4.79. The number of ether oxygens (including phenoxy) is 2. The number of benzene rings is 3. The van der Waals surface area contributed by atoms with Gasteiger partial charge in [0.25, 0.3) is 0 Å². The van der Waals surface area contributed by atoms with Crippen LogP contribution in [0.1, 0.15) is 29.0 Å². The van der Waals surface area contributed by atoms with Crippen molar-refractivity contribution in [3.05, 3.63) is 95.6 Å². The van der Waals surface area contributed by atoms with Gasteiger partial charge in [-0.2, -0.15) is 5.26 Å². The number of nitrogens with one attached hydrogen (secondary N) is 1. The summed E-state index contributed by atoms with van der Waals surface area (Å²) in [5.41, 5.74) is 2.86. The van der Waals surface area contributed by atoms with Crippen molar-refractivity contribution in [1.29, 1.82) is 10.7 Å². The molecule has 0 amide bonds. The van der Waals surface area contributed by atoms with E-state index in [4.69, 9.17) is 25.3 Å². The second-order valence-electron chi connectivity index (χ2n) is 6.91. The summed E-state index contributed by atoms with van der Waals surface area (Å²) in [5, 5.41) is 26.1. The zero-order chi connectivity index (χ0) is 22.1. The first-order valence-corrected chi connectivity index (χ1v) is 9.74. The largest absolute Gasteiger partial charge is 0.489 e. The van der Waals surface area contributed by atoms with Gasteiger partial charge in [-0.3, -0.25) is 4.79 Å². The van der Waals surface area contributed by atoms with E-state index >= 15 is 0 Å². The summed E-state index contributed by atoms with van der Waals surface area (Å²) < 4.78 is 11.4. The van der Waals surface area contributed by atoms with Crippen molar-refractivity contribution in [2.75, 3.05) is 6.61 Å². The van der Waals surface area contributed by atoms with Gasteiger partial charge in [0.1, 0.15) is 24.7 Å². The van der Waals surface area contributed by atoms with Gasteiger partial charge in [0.05, 0.1) is 24.1 Å². The molecule has 0 aromatic heterocycles. The summed E-state index contributed by atoms with van der Waals surface area (Å²) in [7, 11) is 0. The minimum absolute atomic E-state index is 0.192. The van der Waals surface area contributed by atoms with Crippen molar-refractivity contribution >= 4 is 11.7 Å². The number of carboxylic acid groups (broad SMARTS) is 1. The van der Waals surface area contributed by atoms with Crippen LogP contribution in [0.25, 0.3) is 0 Å². The van der Waals surface area contributed by atoms with Crippen molar-refractivity contribution in [3.63, 3.8) is 0 Å². The molecule has 6 nitrogen and oxygen atoms in total. The van der Waals surface area contributed by atoms with Gasteiger partial charge in [-0.1, -0.05) is 54.6 Å². The number of rotatable bonds is 10. The van der Waals surface area contributed by atoms with Gasteiger partial charge in [-0.15, -0.1) is 0 Å². The standard InChI is InChI=1S/C25H22N2O4/c26-15-21(14-25(28)29)19-8-12-23(13-9-19)30-16-18-6-10-22(11-7-18)31-17-24(27)20-4-2-1-3-5-20/h1-13,21,27H,14,16-17H2,(H,28,29). The zero-order valence-electron chi connectivity index (χ0n) is 16.8. The van der Waals surface area contributed by atoms with Crippen molar-refractivity contribution in [2.45, 2.75) is 18.9 Å². The molecule has 1 atom stereocenters. The van der Waals surface area contributed by atoms with E-state index in [0.29, 0.717) is 29.4 Å². The Morgan fingerprint density at radius 1 is 0.935 bits per heavy atom. The van der Waals surface area contributed by atoms with Crippen LogP contribution in [0.3, 0.4) is 0 Å². The van der Waals surface area contributed by atoms with E-state index in [2.05, 4.69) is 0 Å². The molecular weight excluding hydrogens is 392 g/mol. The molecule has 0 saturated heterocycles. The van der Waals surface area contributed by atoms with Crippen LogP contribution in [-0.4, -0.2) is 23.4 Å². The van der Waals surface area contributed by atoms with Gasteiger partial charge in [-0.05, 0) is 41.0 Å². The first-order chi connectivity index (χ1) is 15.0. The summed E-state index contributed by atoms with van der Waals surface area (Å²) in [6, 6.07) is 25.8. The minimum atomic E-state index is -1.00.